The number of nitrogens with zero attached hydrogens (tertiary/aromatic N) is 1. The first kappa shape index (κ1) is 18.1. The molecule has 0 aliphatic heterocycles. The van der Waals surface area contributed by atoms with Gasteiger partial charge in [-0.25, -0.2) is 26.0 Å². The highest BCUT2D eigenvalue weighted by atomic mass is 32.2. The zero-order valence-corrected chi connectivity index (χ0v) is 14.1. The molecule has 3 aromatic rings. The molecule has 0 bridgehead atoms. The highest BCUT2D eigenvalue weighted by Gasteiger charge is 2.22. The molecule has 0 unspecified atom stereocenters. The molecule has 0 fully saturated rings. The summed E-state index contributed by atoms with van der Waals surface area (Å²) in [7, 11) is -4.09. The van der Waals surface area contributed by atoms with E-state index in [0.29, 0.717) is 11.8 Å². The van der Waals surface area contributed by atoms with Gasteiger partial charge in [-0.15, -0.1) is 0 Å². The summed E-state index contributed by atoms with van der Waals surface area (Å²) in [4.78, 5) is 2.86. The summed E-state index contributed by atoms with van der Waals surface area (Å²) in [5.74, 6) is -4.60. The molecule has 0 N–H and O–H groups in total. The van der Waals surface area contributed by atoms with Crippen molar-refractivity contribution in [1.29, 1.82) is 0 Å². The van der Waals surface area contributed by atoms with Gasteiger partial charge in [0.1, 0.15) is 16.5 Å². The molecule has 0 saturated heterocycles. The average molecular weight is 381 g/mol. The normalized spacial score (nSPS) is 11.6. The van der Waals surface area contributed by atoms with Gasteiger partial charge in [-0.3, -0.25) is 4.98 Å². The van der Waals surface area contributed by atoms with Crippen molar-refractivity contribution in [1.82, 2.24) is 4.98 Å². The predicted molar refractivity (Wildman–Crippen MR) is 88.1 cm³/mol. The SMILES string of the molecule is CS(=O)(=O)c1c(F)cc(-c2cnccc2-c2ccc(F)c(F)c2)cc1F. The number of hydrogen-bond donors (Lipinski definition) is 0. The molecule has 134 valence electrons. The molecule has 3 rings (SSSR count). The first-order valence-electron chi connectivity index (χ1n) is 7.27. The lowest BCUT2D eigenvalue weighted by atomic mass is 9.96. The Kier molecular flexibility index (Phi) is 4.53. The summed E-state index contributed by atoms with van der Waals surface area (Å²) in [5.41, 5.74) is 0.871. The fourth-order valence-electron chi connectivity index (χ4n) is 2.61. The predicted octanol–water partition coefficient (Wildman–Crippen LogP) is 4.38. The molecule has 1 aromatic heterocycles. The van der Waals surface area contributed by atoms with Crippen LogP contribution in [0.2, 0.25) is 0 Å². The second kappa shape index (κ2) is 6.53. The molecule has 0 spiro atoms. The van der Waals surface area contributed by atoms with Crippen molar-refractivity contribution < 1.29 is 26.0 Å². The number of aromatic nitrogens is 1. The Hall–Kier alpha value is -2.74. The van der Waals surface area contributed by atoms with E-state index in [9.17, 15) is 26.0 Å². The van der Waals surface area contributed by atoms with Gasteiger partial charge in [0.2, 0.25) is 0 Å². The summed E-state index contributed by atoms with van der Waals surface area (Å²) < 4.78 is 78.1. The van der Waals surface area contributed by atoms with Crippen LogP contribution in [0.3, 0.4) is 0 Å². The zero-order valence-electron chi connectivity index (χ0n) is 13.3. The Balaban J connectivity index is 2.22. The van der Waals surface area contributed by atoms with Gasteiger partial charge in [0, 0.05) is 24.2 Å². The first-order valence-corrected chi connectivity index (χ1v) is 9.16. The third-order valence-electron chi connectivity index (χ3n) is 3.73. The van der Waals surface area contributed by atoms with E-state index in [1.54, 1.807) is 0 Å². The molecule has 0 amide bonds. The van der Waals surface area contributed by atoms with Gasteiger partial charge in [-0.1, -0.05) is 6.07 Å². The minimum absolute atomic E-state index is 0.0141. The Morgan fingerprint density at radius 2 is 1.38 bits per heavy atom. The number of hydrogen-bond acceptors (Lipinski definition) is 3. The van der Waals surface area contributed by atoms with Crippen LogP contribution in [0.1, 0.15) is 0 Å². The van der Waals surface area contributed by atoms with Gasteiger partial charge in [0.25, 0.3) is 0 Å². The summed E-state index contributed by atoms with van der Waals surface area (Å²) in [6, 6.07) is 6.39. The molecule has 26 heavy (non-hydrogen) atoms. The topological polar surface area (TPSA) is 47.0 Å². The van der Waals surface area contributed by atoms with Crippen molar-refractivity contribution in [2.75, 3.05) is 6.26 Å². The smallest absolute Gasteiger partial charge is 0.181 e. The lowest BCUT2D eigenvalue weighted by Crippen LogP contribution is -2.05. The van der Waals surface area contributed by atoms with Crippen LogP contribution in [0.15, 0.2) is 53.7 Å². The molecule has 3 nitrogen and oxygen atoms in total. The van der Waals surface area contributed by atoms with E-state index in [1.807, 2.05) is 0 Å². The average Bonchev–Trinajstić information content (AvgIpc) is 2.55. The van der Waals surface area contributed by atoms with Crippen molar-refractivity contribution in [3.63, 3.8) is 0 Å². The molecule has 1 heterocycles. The number of pyridine rings is 1. The van der Waals surface area contributed by atoms with E-state index < -0.39 is 38.0 Å². The number of sulfone groups is 1. The maximum Gasteiger partial charge on any atom is 0.181 e. The minimum Gasteiger partial charge on any atom is -0.264 e. The molecule has 0 aliphatic rings. The van der Waals surface area contributed by atoms with Gasteiger partial charge >= 0.3 is 0 Å². The van der Waals surface area contributed by atoms with Crippen LogP contribution in [0, 0.1) is 23.3 Å². The highest BCUT2D eigenvalue weighted by Crippen LogP contribution is 2.34. The molecule has 8 heteroatoms. The molecule has 0 aliphatic carbocycles. The Morgan fingerprint density at radius 3 is 1.96 bits per heavy atom. The minimum atomic E-state index is -4.09. The largest absolute Gasteiger partial charge is 0.264 e. The third-order valence-corrected chi connectivity index (χ3v) is 4.86. The quantitative estimate of drug-likeness (QED) is 0.633. The van der Waals surface area contributed by atoms with E-state index in [-0.39, 0.29) is 16.7 Å². The van der Waals surface area contributed by atoms with E-state index in [4.69, 9.17) is 0 Å². The lowest BCUT2D eigenvalue weighted by Gasteiger charge is -2.12. The first-order chi connectivity index (χ1) is 12.2. The molecule has 2 aromatic carbocycles. The van der Waals surface area contributed by atoms with E-state index in [2.05, 4.69) is 4.98 Å². The highest BCUT2D eigenvalue weighted by molar-refractivity contribution is 7.90. The van der Waals surface area contributed by atoms with Crippen LogP contribution in [-0.2, 0) is 9.84 Å². The third kappa shape index (κ3) is 3.32. The van der Waals surface area contributed by atoms with Crippen molar-refractivity contribution in [3.8, 4) is 22.3 Å². The van der Waals surface area contributed by atoms with Crippen LogP contribution in [-0.4, -0.2) is 19.7 Å². The van der Waals surface area contributed by atoms with Gasteiger partial charge in [-0.05, 0) is 47.0 Å². The molecular weight excluding hydrogens is 370 g/mol. The Morgan fingerprint density at radius 1 is 0.769 bits per heavy atom. The van der Waals surface area contributed by atoms with Crippen LogP contribution < -0.4 is 0 Å². The van der Waals surface area contributed by atoms with Crippen LogP contribution >= 0.6 is 0 Å². The van der Waals surface area contributed by atoms with Crippen molar-refractivity contribution >= 4 is 9.84 Å². The van der Waals surface area contributed by atoms with Crippen LogP contribution in [0.4, 0.5) is 17.6 Å². The summed E-state index contributed by atoms with van der Waals surface area (Å²) in [6.07, 6.45) is 3.38. The van der Waals surface area contributed by atoms with Crippen molar-refractivity contribution in [3.05, 3.63) is 72.1 Å². The van der Waals surface area contributed by atoms with Gasteiger partial charge in [0.05, 0.1) is 0 Å². The van der Waals surface area contributed by atoms with Crippen LogP contribution in [0.25, 0.3) is 22.3 Å². The van der Waals surface area contributed by atoms with E-state index in [0.717, 1.165) is 24.3 Å². The number of benzene rings is 2. The molecular formula is C18H11F4NO2S. The molecule has 0 atom stereocenters. The monoisotopic (exact) mass is 381 g/mol. The molecule has 0 saturated carbocycles. The Bertz CT molecular complexity index is 1090. The van der Waals surface area contributed by atoms with Crippen LogP contribution in [0.5, 0.6) is 0 Å². The summed E-state index contributed by atoms with van der Waals surface area (Å²) >= 11 is 0. The van der Waals surface area contributed by atoms with Gasteiger partial charge in [0.15, 0.2) is 21.5 Å². The molecule has 0 radical (unpaired) electrons. The van der Waals surface area contributed by atoms with E-state index >= 15 is 0 Å². The van der Waals surface area contributed by atoms with E-state index in [1.165, 1.54) is 24.5 Å². The second-order valence-electron chi connectivity index (χ2n) is 5.59. The number of rotatable bonds is 3. The van der Waals surface area contributed by atoms with Crippen molar-refractivity contribution in [2.24, 2.45) is 0 Å². The van der Waals surface area contributed by atoms with Gasteiger partial charge in [-0.2, -0.15) is 0 Å². The van der Waals surface area contributed by atoms with Crippen molar-refractivity contribution in [2.45, 2.75) is 4.90 Å². The maximum atomic E-state index is 14.2. The summed E-state index contributed by atoms with van der Waals surface area (Å²) in [5, 5.41) is 0. The Labute approximate surface area is 146 Å². The second-order valence-corrected chi connectivity index (χ2v) is 7.54. The maximum absolute atomic E-state index is 14.2. The fourth-order valence-corrected chi connectivity index (χ4v) is 3.44. The zero-order chi connectivity index (χ0) is 19.1. The lowest BCUT2D eigenvalue weighted by molar-refractivity contribution is 0.509. The standard InChI is InChI=1S/C18H11F4NO2S/c1-26(24,25)18-16(21)7-11(8-17(18)22)13-9-23-5-4-12(13)10-2-3-14(19)15(20)6-10/h2-9H,1H3. The summed E-state index contributed by atoms with van der Waals surface area (Å²) in [6.45, 7) is 0. The number of halogens is 4. The fraction of sp³-hybridized carbons (Fsp3) is 0.0556. The van der Waals surface area contributed by atoms with Gasteiger partial charge < -0.3 is 0 Å².